The SMILES string of the molecule is CCCNC(=O)/C=C(\C)c1cc2c(-c3cccc(OC)c3)coc2cc1OC. The van der Waals surface area contributed by atoms with Crippen LogP contribution in [0.15, 0.2) is 53.2 Å². The summed E-state index contributed by atoms with van der Waals surface area (Å²) in [5.74, 6) is 1.34. The highest BCUT2D eigenvalue weighted by molar-refractivity contribution is 6.00. The van der Waals surface area contributed by atoms with Gasteiger partial charge in [-0.2, -0.15) is 0 Å². The zero-order chi connectivity index (χ0) is 20.1. The first-order valence-electron chi connectivity index (χ1n) is 9.27. The molecule has 0 fully saturated rings. The van der Waals surface area contributed by atoms with E-state index in [0.717, 1.165) is 45.4 Å². The van der Waals surface area contributed by atoms with Crippen molar-refractivity contribution in [2.75, 3.05) is 20.8 Å². The van der Waals surface area contributed by atoms with Gasteiger partial charge in [-0.05, 0) is 42.7 Å². The summed E-state index contributed by atoms with van der Waals surface area (Å²) in [5.41, 5.74) is 4.36. The van der Waals surface area contributed by atoms with Gasteiger partial charge in [-0.3, -0.25) is 4.79 Å². The van der Waals surface area contributed by atoms with Crippen molar-refractivity contribution < 1.29 is 18.7 Å². The molecule has 1 heterocycles. The lowest BCUT2D eigenvalue weighted by atomic mass is 9.99. The fourth-order valence-electron chi connectivity index (χ4n) is 3.12. The lowest BCUT2D eigenvalue weighted by Gasteiger charge is -2.10. The topological polar surface area (TPSA) is 60.7 Å². The van der Waals surface area contributed by atoms with Crippen LogP contribution in [0.2, 0.25) is 0 Å². The number of nitrogens with one attached hydrogen (secondary N) is 1. The van der Waals surface area contributed by atoms with E-state index in [2.05, 4.69) is 5.32 Å². The minimum Gasteiger partial charge on any atom is -0.497 e. The van der Waals surface area contributed by atoms with E-state index >= 15 is 0 Å². The standard InChI is InChI=1S/C23H25NO4/c1-5-9-24-23(25)10-15(2)18-12-19-20(14-28-22(19)13-21(18)27-4)16-7-6-8-17(11-16)26-3/h6-8,10-14H,5,9H2,1-4H3,(H,24,25)/b15-10+. The van der Waals surface area contributed by atoms with Gasteiger partial charge in [-0.15, -0.1) is 0 Å². The van der Waals surface area contributed by atoms with Gasteiger partial charge in [0.15, 0.2) is 0 Å². The van der Waals surface area contributed by atoms with Gasteiger partial charge in [-0.1, -0.05) is 19.1 Å². The summed E-state index contributed by atoms with van der Waals surface area (Å²) in [6.07, 6.45) is 4.23. The quantitative estimate of drug-likeness (QED) is 0.584. The molecule has 0 radical (unpaired) electrons. The summed E-state index contributed by atoms with van der Waals surface area (Å²) in [7, 11) is 3.26. The van der Waals surface area contributed by atoms with Crippen molar-refractivity contribution >= 4 is 22.4 Å². The second-order valence-electron chi connectivity index (χ2n) is 6.55. The highest BCUT2D eigenvalue weighted by Gasteiger charge is 2.15. The number of allylic oxidation sites excluding steroid dienone is 1. The Labute approximate surface area is 164 Å². The van der Waals surface area contributed by atoms with Gasteiger partial charge in [0.1, 0.15) is 17.1 Å². The Kier molecular flexibility index (Phi) is 6.04. The Morgan fingerprint density at radius 1 is 1.18 bits per heavy atom. The molecule has 0 aliphatic rings. The Morgan fingerprint density at radius 3 is 2.71 bits per heavy atom. The van der Waals surface area contributed by atoms with E-state index in [1.807, 2.05) is 50.2 Å². The number of fused-ring (bicyclic) bond motifs is 1. The largest absolute Gasteiger partial charge is 0.497 e. The zero-order valence-corrected chi connectivity index (χ0v) is 16.7. The van der Waals surface area contributed by atoms with Crippen molar-refractivity contribution in [2.45, 2.75) is 20.3 Å². The van der Waals surface area contributed by atoms with Gasteiger partial charge in [0.05, 0.1) is 20.5 Å². The van der Waals surface area contributed by atoms with Crippen molar-refractivity contribution in [3.05, 3.63) is 54.3 Å². The summed E-state index contributed by atoms with van der Waals surface area (Å²) in [5, 5.41) is 3.81. The lowest BCUT2D eigenvalue weighted by molar-refractivity contribution is -0.116. The second kappa shape index (κ2) is 8.65. The summed E-state index contributed by atoms with van der Waals surface area (Å²) in [6, 6.07) is 11.7. The molecule has 0 saturated carbocycles. The first kappa shape index (κ1) is 19.5. The minimum atomic E-state index is -0.110. The first-order chi connectivity index (χ1) is 13.6. The van der Waals surface area contributed by atoms with Crippen LogP contribution in [-0.4, -0.2) is 26.7 Å². The number of carbonyl (C=O) groups is 1. The third-order valence-electron chi connectivity index (χ3n) is 4.60. The summed E-state index contributed by atoms with van der Waals surface area (Å²) < 4.78 is 16.6. The van der Waals surface area contributed by atoms with Gasteiger partial charge in [0.25, 0.3) is 0 Å². The van der Waals surface area contributed by atoms with Gasteiger partial charge >= 0.3 is 0 Å². The number of carbonyl (C=O) groups excluding carboxylic acids is 1. The minimum absolute atomic E-state index is 0.110. The Balaban J connectivity index is 2.08. The van der Waals surface area contributed by atoms with Crippen LogP contribution in [0.3, 0.4) is 0 Å². The third-order valence-corrected chi connectivity index (χ3v) is 4.60. The second-order valence-corrected chi connectivity index (χ2v) is 6.55. The molecule has 0 aliphatic carbocycles. The highest BCUT2D eigenvalue weighted by atomic mass is 16.5. The van der Waals surface area contributed by atoms with Crippen LogP contribution < -0.4 is 14.8 Å². The van der Waals surface area contributed by atoms with Crippen LogP contribution in [0.5, 0.6) is 11.5 Å². The molecule has 1 amide bonds. The predicted molar refractivity (Wildman–Crippen MR) is 112 cm³/mol. The molecule has 1 N–H and O–H groups in total. The van der Waals surface area contributed by atoms with Gasteiger partial charge in [-0.25, -0.2) is 0 Å². The molecule has 5 nitrogen and oxygen atoms in total. The molecular weight excluding hydrogens is 354 g/mol. The fourth-order valence-corrected chi connectivity index (χ4v) is 3.12. The van der Waals surface area contributed by atoms with E-state index in [1.165, 1.54) is 0 Å². The number of hydrogen-bond donors (Lipinski definition) is 1. The van der Waals surface area contributed by atoms with Gasteiger partial charge in [0, 0.05) is 35.2 Å². The van der Waals surface area contributed by atoms with Crippen LogP contribution in [0.25, 0.3) is 27.7 Å². The van der Waals surface area contributed by atoms with E-state index in [4.69, 9.17) is 13.9 Å². The summed E-state index contributed by atoms with van der Waals surface area (Å²) >= 11 is 0. The Bertz CT molecular complexity index is 1020. The number of amides is 1. The zero-order valence-electron chi connectivity index (χ0n) is 16.7. The number of methoxy groups -OCH3 is 2. The maximum absolute atomic E-state index is 12.1. The van der Waals surface area contributed by atoms with Crippen molar-refractivity contribution in [1.82, 2.24) is 5.32 Å². The van der Waals surface area contributed by atoms with Gasteiger partial charge in [0.2, 0.25) is 5.91 Å². The first-order valence-corrected chi connectivity index (χ1v) is 9.27. The van der Waals surface area contributed by atoms with Crippen LogP contribution >= 0.6 is 0 Å². The van der Waals surface area contributed by atoms with Crippen molar-refractivity contribution in [3.8, 4) is 22.6 Å². The van der Waals surface area contributed by atoms with Crippen molar-refractivity contribution in [3.63, 3.8) is 0 Å². The molecule has 3 aromatic rings. The van der Waals surface area contributed by atoms with E-state index in [9.17, 15) is 4.79 Å². The van der Waals surface area contributed by atoms with Crippen LogP contribution in [0.1, 0.15) is 25.8 Å². The maximum atomic E-state index is 12.1. The molecule has 0 saturated heterocycles. The lowest BCUT2D eigenvalue weighted by Crippen LogP contribution is -2.21. The average Bonchev–Trinajstić information content (AvgIpc) is 3.14. The molecule has 0 spiro atoms. The van der Waals surface area contributed by atoms with E-state index in [-0.39, 0.29) is 5.91 Å². The van der Waals surface area contributed by atoms with Crippen LogP contribution in [-0.2, 0) is 4.79 Å². The molecule has 0 bridgehead atoms. The predicted octanol–water partition coefficient (Wildman–Crippen LogP) is 5.05. The number of ether oxygens (including phenoxy) is 2. The van der Waals surface area contributed by atoms with Gasteiger partial charge < -0.3 is 19.2 Å². The monoisotopic (exact) mass is 379 g/mol. The highest BCUT2D eigenvalue weighted by Crippen LogP contribution is 2.38. The molecule has 3 rings (SSSR count). The van der Waals surface area contributed by atoms with E-state index in [0.29, 0.717) is 12.3 Å². The molecule has 28 heavy (non-hydrogen) atoms. The van der Waals surface area contributed by atoms with Crippen LogP contribution in [0, 0.1) is 0 Å². The Hall–Kier alpha value is -3.21. The molecule has 0 aliphatic heterocycles. The summed E-state index contributed by atoms with van der Waals surface area (Å²) in [6.45, 7) is 4.58. The molecule has 0 atom stereocenters. The smallest absolute Gasteiger partial charge is 0.244 e. The number of furan rings is 1. The molecule has 2 aromatic carbocycles. The average molecular weight is 379 g/mol. The fraction of sp³-hybridized carbons (Fsp3) is 0.261. The van der Waals surface area contributed by atoms with Crippen LogP contribution in [0.4, 0.5) is 0 Å². The Morgan fingerprint density at radius 2 is 2.00 bits per heavy atom. The van der Waals surface area contributed by atoms with Crippen molar-refractivity contribution in [2.24, 2.45) is 0 Å². The number of rotatable bonds is 7. The normalized spacial score (nSPS) is 11.5. The number of hydrogen-bond acceptors (Lipinski definition) is 4. The molecular formula is C23H25NO4. The molecule has 1 aromatic heterocycles. The molecule has 0 unspecified atom stereocenters. The summed E-state index contributed by atoms with van der Waals surface area (Å²) in [4.78, 5) is 12.1. The van der Waals surface area contributed by atoms with Crippen molar-refractivity contribution in [1.29, 1.82) is 0 Å². The molecule has 146 valence electrons. The third kappa shape index (κ3) is 4.03. The van der Waals surface area contributed by atoms with E-state index < -0.39 is 0 Å². The maximum Gasteiger partial charge on any atom is 0.244 e. The van der Waals surface area contributed by atoms with E-state index in [1.54, 1.807) is 26.6 Å². The number of benzene rings is 2. The molecule has 5 heteroatoms.